The Kier molecular flexibility index (Phi) is 3.64. The molecule has 1 aromatic heterocycles. The number of amides is 1. The minimum atomic E-state index is -0.271. The molecule has 0 unspecified atom stereocenters. The molecule has 0 N–H and O–H groups in total. The van der Waals surface area contributed by atoms with Gasteiger partial charge in [0.1, 0.15) is 11.9 Å². The molecule has 0 spiro atoms. The third-order valence-electron chi connectivity index (χ3n) is 2.91. The summed E-state index contributed by atoms with van der Waals surface area (Å²) in [4.78, 5) is 24.6. The van der Waals surface area contributed by atoms with Crippen LogP contribution >= 0.6 is 0 Å². The quantitative estimate of drug-likeness (QED) is 0.738. The lowest BCUT2D eigenvalue weighted by molar-refractivity contribution is -0.148. The Bertz CT molecular complexity index is 447. The summed E-state index contributed by atoms with van der Waals surface area (Å²) in [6.07, 6.45) is 1.26. The molecule has 98 valence electrons. The van der Waals surface area contributed by atoms with Crippen LogP contribution in [0.2, 0.25) is 0 Å². The summed E-state index contributed by atoms with van der Waals surface area (Å²) in [5, 5.41) is 3.71. The first-order valence-corrected chi connectivity index (χ1v) is 5.96. The van der Waals surface area contributed by atoms with Crippen LogP contribution in [-0.2, 0) is 9.53 Å². The summed E-state index contributed by atoms with van der Waals surface area (Å²) >= 11 is 0. The molecule has 1 amide bonds. The molecule has 1 aliphatic rings. The minimum absolute atomic E-state index is 0.0782. The zero-order chi connectivity index (χ0) is 13.1. The fraction of sp³-hybridized carbons (Fsp3) is 0.583. The van der Waals surface area contributed by atoms with Gasteiger partial charge >= 0.3 is 5.97 Å². The standard InChI is InChI=1S/C12H16N2O4/c1-8-7-11(13-18-8)12(16)14-5-3-10(4-6-14)17-9(2)15/h7,10H,3-6H2,1-2H3. The van der Waals surface area contributed by atoms with Gasteiger partial charge in [0.25, 0.3) is 5.91 Å². The lowest BCUT2D eigenvalue weighted by Crippen LogP contribution is -2.41. The third-order valence-corrected chi connectivity index (χ3v) is 2.91. The van der Waals surface area contributed by atoms with Crippen LogP contribution in [0.5, 0.6) is 0 Å². The van der Waals surface area contributed by atoms with Crippen LogP contribution in [0.1, 0.15) is 36.0 Å². The van der Waals surface area contributed by atoms with Crippen molar-refractivity contribution in [2.75, 3.05) is 13.1 Å². The maximum atomic E-state index is 12.0. The summed E-state index contributed by atoms with van der Waals surface area (Å²) in [5.41, 5.74) is 0.332. The second-order valence-electron chi connectivity index (χ2n) is 4.42. The molecule has 0 radical (unpaired) electrons. The van der Waals surface area contributed by atoms with Crippen LogP contribution in [0, 0.1) is 6.92 Å². The van der Waals surface area contributed by atoms with Gasteiger partial charge in [0.15, 0.2) is 5.69 Å². The van der Waals surface area contributed by atoms with E-state index < -0.39 is 0 Å². The van der Waals surface area contributed by atoms with Gasteiger partial charge in [-0.15, -0.1) is 0 Å². The zero-order valence-corrected chi connectivity index (χ0v) is 10.5. The fourth-order valence-corrected chi connectivity index (χ4v) is 2.04. The van der Waals surface area contributed by atoms with E-state index in [4.69, 9.17) is 9.26 Å². The Hall–Kier alpha value is -1.85. The number of likely N-dealkylation sites (tertiary alicyclic amines) is 1. The predicted molar refractivity (Wildman–Crippen MR) is 61.9 cm³/mol. The number of hydrogen-bond acceptors (Lipinski definition) is 5. The molecule has 0 atom stereocenters. The van der Waals surface area contributed by atoms with Crippen LogP contribution in [0.25, 0.3) is 0 Å². The van der Waals surface area contributed by atoms with Crippen molar-refractivity contribution in [3.8, 4) is 0 Å². The molecule has 0 saturated carbocycles. The molecule has 2 heterocycles. The van der Waals surface area contributed by atoms with Gasteiger partial charge in [0.2, 0.25) is 0 Å². The first-order valence-electron chi connectivity index (χ1n) is 5.96. The van der Waals surface area contributed by atoms with Gasteiger partial charge in [0.05, 0.1) is 0 Å². The molecule has 1 fully saturated rings. The van der Waals surface area contributed by atoms with Gasteiger partial charge < -0.3 is 14.2 Å². The number of carbonyl (C=O) groups excluding carboxylic acids is 2. The van der Waals surface area contributed by atoms with E-state index in [1.165, 1.54) is 6.92 Å². The van der Waals surface area contributed by atoms with Gasteiger partial charge in [-0.25, -0.2) is 0 Å². The highest BCUT2D eigenvalue weighted by Crippen LogP contribution is 2.16. The van der Waals surface area contributed by atoms with E-state index in [0.717, 1.165) is 0 Å². The number of esters is 1. The number of aromatic nitrogens is 1. The van der Waals surface area contributed by atoms with Crippen LogP contribution < -0.4 is 0 Å². The second-order valence-corrected chi connectivity index (χ2v) is 4.42. The van der Waals surface area contributed by atoms with Crippen LogP contribution in [-0.4, -0.2) is 41.1 Å². The lowest BCUT2D eigenvalue weighted by Gasteiger charge is -2.30. The summed E-state index contributed by atoms with van der Waals surface area (Å²) in [6.45, 7) is 4.29. The van der Waals surface area contributed by atoms with E-state index in [0.29, 0.717) is 37.4 Å². The zero-order valence-electron chi connectivity index (χ0n) is 10.5. The van der Waals surface area contributed by atoms with Gasteiger partial charge in [-0.1, -0.05) is 5.16 Å². The van der Waals surface area contributed by atoms with Gasteiger partial charge in [-0.3, -0.25) is 9.59 Å². The lowest BCUT2D eigenvalue weighted by atomic mass is 10.1. The van der Waals surface area contributed by atoms with Crippen molar-refractivity contribution in [3.05, 3.63) is 17.5 Å². The molecule has 0 aromatic carbocycles. The van der Waals surface area contributed by atoms with Crippen molar-refractivity contribution in [2.45, 2.75) is 32.8 Å². The van der Waals surface area contributed by atoms with Crippen molar-refractivity contribution in [3.63, 3.8) is 0 Å². The first kappa shape index (κ1) is 12.6. The summed E-state index contributed by atoms with van der Waals surface area (Å²) in [7, 11) is 0. The van der Waals surface area contributed by atoms with Crippen LogP contribution in [0.4, 0.5) is 0 Å². The molecule has 1 aromatic rings. The van der Waals surface area contributed by atoms with E-state index in [-0.39, 0.29) is 18.0 Å². The predicted octanol–water partition coefficient (Wildman–Crippen LogP) is 1.15. The molecule has 6 heteroatoms. The number of hydrogen-bond donors (Lipinski definition) is 0. The maximum absolute atomic E-state index is 12.0. The highest BCUT2D eigenvalue weighted by atomic mass is 16.5. The molecule has 6 nitrogen and oxygen atoms in total. The van der Waals surface area contributed by atoms with Crippen molar-refractivity contribution in [1.82, 2.24) is 10.1 Å². The average Bonchev–Trinajstić information content (AvgIpc) is 2.75. The monoisotopic (exact) mass is 252 g/mol. The van der Waals surface area contributed by atoms with Gasteiger partial charge in [0, 0.05) is 38.9 Å². The smallest absolute Gasteiger partial charge is 0.302 e. The van der Waals surface area contributed by atoms with Crippen molar-refractivity contribution in [1.29, 1.82) is 0 Å². The second kappa shape index (κ2) is 5.20. The van der Waals surface area contributed by atoms with Crippen LogP contribution in [0.15, 0.2) is 10.6 Å². The Balaban J connectivity index is 1.90. The van der Waals surface area contributed by atoms with Gasteiger partial charge in [-0.2, -0.15) is 0 Å². The van der Waals surface area contributed by atoms with E-state index in [9.17, 15) is 9.59 Å². The molecule has 0 aliphatic carbocycles. The Morgan fingerprint density at radius 3 is 2.61 bits per heavy atom. The molecule has 1 saturated heterocycles. The Morgan fingerprint density at radius 1 is 1.44 bits per heavy atom. The summed E-state index contributed by atoms with van der Waals surface area (Å²) < 4.78 is 10.0. The average molecular weight is 252 g/mol. The number of nitrogens with zero attached hydrogens (tertiary/aromatic N) is 2. The summed E-state index contributed by atoms with van der Waals surface area (Å²) in [5.74, 6) is 0.216. The van der Waals surface area contributed by atoms with Crippen molar-refractivity contribution in [2.24, 2.45) is 0 Å². The SMILES string of the molecule is CC(=O)OC1CCN(C(=O)c2cc(C)on2)CC1. The fourth-order valence-electron chi connectivity index (χ4n) is 2.04. The van der Waals surface area contributed by atoms with E-state index >= 15 is 0 Å². The number of carbonyl (C=O) groups is 2. The molecular weight excluding hydrogens is 236 g/mol. The topological polar surface area (TPSA) is 72.6 Å². The summed E-state index contributed by atoms with van der Waals surface area (Å²) in [6, 6.07) is 1.63. The van der Waals surface area contributed by atoms with Crippen molar-refractivity contribution >= 4 is 11.9 Å². The highest BCUT2D eigenvalue weighted by molar-refractivity contribution is 5.92. The number of rotatable bonds is 2. The van der Waals surface area contributed by atoms with E-state index in [2.05, 4.69) is 5.16 Å². The first-order chi connectivity index (χ1) is 8.56. The number of aryl methyl sites for hydroxylation is 1. The highest BCUT2D eigenvalue weighted by Gasteiger charge is 2.26. The molecule has 0 bridgehead atoms. The van der Waals surface area contributed by atoms with E-state index in [1.807, 2.05) is 0 Å². The largest absolute Gasteiger partial charge is 0.462 e. The maximum Gasteiger partial charge on any atom is 0.302 e. The number of piperidine rings is 1. The van der Waals surface area contributed by atoms with E-state index in [1.54, 1.807) is 17.9 Å². The number of ether oxygens (including phenoxy) is 1. The van der Waals surface area contributed by atoms with Crippen molar-refractivity contribution < 1.29 is 18.8 Å². The van der Waals surface area contributed by atoms with Crippen LogP contribution in [0.3, 0.4) is 0 Å². The Labute approximate surface area is 105 Å². The Morgan fingerprint density at radius 2 is 2.11 bits per heavy atom. The third kappa shape index (κ3) is 2.88. The minimum Gasteiger partial charge on any atom is -0.462 e. The molecular formula is C12H16N2O4. The van der Waals surface area contributed by atoms with Gasteiger partial charge in [-0.05, 0) is 6.92 Å². The molecule has 2 rings (SSSR count). The molecule has 1 aliphatic heterocycles. The normalized spacial score (nSPS) is 16.7. The molecule has 18 heavy (non-hydrogen) atoms.